The fraction of sp³-hybridized carbons (Fsp3) is 0.444. The van der Waals surface area contributed by atoms with E-state index in [1.54, 1.807) is 40.6 Å². The summed E-state index contributed by atoms with van der Waals surface area (Å²) in [4.78, 5) is 33.7. The molecule has 1 fully saturated rings. The Bertz CT molecular complexity index is 1480. The molecule has 0 spiro atoms. The first kappa shape index (κ1) is 25.7. The average Bonchev–Trinajstić information content (AvgIpc) is 3.62. The van der Waals surface area contributed by atoms with Crippen LogP contribution in [0.3, 0.4) is 0 Å². The summed E-state index contributed by atoms with van der Waals surface area (Å²) < 4.78 is 20.8. The van der Waals surface area contributed by atoms with Crippen molar-refractivity contribution in [1.82, 2.24) is 24.5 Å². The number of aryl methyl sites for hydroxylation is 3. The lowest BCUT2D eigenvalue weighted by molar-refractivity contribution is 0.00468. The van der Waals surface area contributed by atoms with Gasteiger partial charge in [0.1, 0.15) is 5.69 Å². The van der Waals surface area contributed by atoms with E-state index < -0.39 is 6.09 Å². The van der Waals surface area contributed by atoms with E-state index in [0.717, 1.165) is 17.5 Å². The normalized spacial score (nSPS) is 17.6. The van der Waals surface area contributed by atoms with Crippen molar-refractivity contribution in [3.05, 3.63) is 47.9 Å². The fourth-order valence-electron chi connectivity index (χ4n) is 5.01. The first-order valence-electron chi connectivity index (χ1n) is 12.8. The molecule has 4 aromatic heterocycles. The van der Waals surface area contributed by atoms with Gasteiger partial charge in [0, 0.05) is 56.0 Å². The van der Waals surface area contributed by atoms with Crippen LogP contribution in [0.2, 0.25) is 0 Å². The Balaban J connectivity index is 1.75. The molecule has 1 amide bonds. The second-order valence-electron chi connectivity index (χ2n) is 9.54. The van der Waals surface area contributed by atoms with Gasteiger partial charge in [0.15, 0.2) is 0 Å². The van der Waals surface area contributed by atoms with E-state index >= 15 is 0 Å². The van der Waals surface area contributed by atoms with Gasteiger partial charge in [0.05, 0.1) is 36.1 Å². The van der Waals surface area contributed by atoms with Crippen molar-refractivity contribution in [3.8, 4) is 11.1 Å². The quantitative estimate of drug-likeness (QED) is 0.329. The summed E-state index contributed by atoms with van der Waals surface area (Å²) in [7, 11) is 3.58. The Morgan fingerprint density at radius 2 is 1.92 bits per heavy atom. The Kier molecular flexibility index (Phi) is 7.02. The molecule has 200 valence electrons. The lowest BCUT2D eigenvalue weighted by Crippen LogP contribution is -2.46. The van der Waals surface area contributed by atoms with Crippen molar-refractivity contribution >= 4 is 28.7 Å². The topological polar surface area (TPSA) is 118 Å². The molecule has 0 bridgehead atoms. The lowest BCUT2D eigenvalue weighted by atomic mass is 9.98. The Labute approximate surface area is 220 Å². The van der Waals surface area contributed by atoms with Crippen molar-refractivity contribution in [1.29, 1.82) is 0 Å². The highest BCUT2D eigenvalue weighted by atomic mass is 16.6. The van der Waals surface area contributed by atoms with E-state index in [1.807, 2.05) is 26.2 Å². The van der Waals surface area contributed by atoms with Gasteiger partial charge < -0.3 is 13.9 Å². The smallest absolute Gasteiger partial charge is 0.414 e. The number of amides is 1. The van der Waals surface area contributed by atoms with E-state index in [0.29, 0.717) is 41.8 Å². The molecule has 4 aromatic rings. The Hall–Kier alpha value is -3.99. The molecule has 0 N–H and O–H groups in total. The maximum atomic E-state index is 13.8. The highest BCUT2D eigenvalue weighted by Gasteiger charge is 2.38. The summed E-state index contributed by atoms with van der Waals surface area (Å²) in [5.41, 5.74) is 3.38. The summed E-state index contributed by atoms with van der Waals surface area (Å²) >= 11 is 0. The van der Waals surface area contributed by atoms with Gasteiger partial charge in [-0.2, -0.15) is 10.2 Å². The molecule has 1 aliphatic rings. The second-order valence-corrected chi connectivity index (χ2v) is 9.54. The zero-order valence-electron chi connectivity index (χ0n) is 22.3. The number of furan rings is 1. The van der Waals surface area contributed by atoms with Gasteiger partial charge in [-0.05, 0) is 39.2 Å². The van der Waals surface area contributed by atoms with E-state index in [1.165, 1.54) is 6.20 Å². The fourth-order valence-corrected chi connectivity index (χ4v) is 5.01. The largest absolute Gasteiger partial charge is 0.449 e. The van der Waals surface area contributed by atoms with Gasteiger partial charge in [-0.3, -0.25) is 19.1 Å². The molecule has 2 atom stereocenters. The van der Waals surface area contributed by atoms with Crippen LogP contribution in [-0.4, -0.2) is 61.8 Å². The number of carbonyl (C=O) groups is 2. The predicted molar refractivity (Wildman–Crippen MR) is 140 cm³/mol. The third kappa shape index (κ3) is 4.69. The molecule has 0 saturated carbocycles. The molecule has 11 nitrogen and oxygen atoms in total. The molecular weight excluding hydrogens is 488 g/mol. The van der Waals surface area contributed by atoms with Gasteiger partial charge in [-0.1, -0.05) is 6.92 Å². The summed E-state index contributed by atoms with van der Waals surface area (Å²) in [5.74, 6) is -0.365. The number of carbonyl (C=O) groups excluding carboxylic acids is 2. The van der Waals surface area contributed by atoms with Crippen LogP contribution in [0.1, 0.15) is 54.9 Å². The number of hydrogen-bond donors (Lipinski definition) is 0. The molecule has 1 aliphatic heterocycles. The van der Waals surface area contributed by atoms with Crippen LogP contribution in [0.5, 0.6) is 0 Å². The minimum Gasteiger partial charge on any atom is -0.449 e. The van der Waals surface area contributed by atoms with E-state index in [-0.39, 0.29) is 36.0 Å². The summed E-state index contributed by atoms with van der Waals surface area (Å²) in [5, 5.41) is 8.99. The summed E-state index contributed by atoms with van der Waals surface area (Å²) in [6.07, 6.45) is 8.22. The number of pyridine rings is 1. The number of rotatable bonds is 7. The molecule has 0 aliphatic carbocycles. The number of hydrogen-bond acceptors (Lipinski definition) is 8. The number of fused-ring (bicyclic) bond motifs is 1. The number of ketones is 1. The van der Waals surface area contributed by atoms with Crippen molar-refractivity contribution in [2.45, 2.75) is 52.2 Å². The van der Waals surface area contributed by atoms with E-state index in [9.17, 15) is 9.59 Å². The zero-order valence-corrected chi connectivity index (χ0v) is 22.3. The maximum Gasteiger partial charge on any atom is 0.414 e. The van der Waals surface area contributed by atoms with E-state index in [2.05, 4.69) is 17.1 Å². The maximum absolute atomic E-state index is 13.8. The molecule has 0 aromatic carbocycles. The molecule has 2 unspecified atom stereocenters. The molecule has 38 heavy (non-hydrogen) atoms. The molecular formula is C27H32N6O5. The Morgan fingerprint density at radius 3 is 2.58 bits per heavy atom. The van der Waals surface area contributed by atoms with Crippen LogP contribution in [0.15, 0.2) is 35.3 Å². The number of aromatic nitrogens is 5. The van der Waals surface area contributed by atoms with Crippen molar-refractivity contribution in [3.63, 3.8) is 0 Å². The number of nitrogens with zero attached hydrogens (tertiary/aromatic N) is 6. The van der Waals surface area contributed by atoms with Gasteiger partial charge in [-0.15, -0.1) is 0 Å². The van der Waals surface area contributed by atoms with Gasteiger partial charge >= 0.3 is 6.09 Å². The third-order valence-electron chi connectivity index (χ3n) is 6.90. The minimum absolute atomic E-state index is 0.00681. The number of ether oxygens (including phenoxy) is 2. The third-order valence-corrected chi connectivity index (χ3v) is 6.90. The van der Waals surface area contributed by atoms with Crippen LogP contribution in [0.25, 0.3) is 22.2 Å². The SMILES string of the molecule is CCOC(=O)N(c1c(C(=O)c2cnn(C)c2)oc2nc(C)c(-c3cnn(C)c3)cc12)C1CCOC(CC)C1. The molecule has 0 radical (unpaired) electrons. The second kappa shape index (κ2) is 10.4. The van der Waals surface area contributed by atoms with Crippen LogP contribution in [0, 0.1) is 6.92 Å². The van der Waals surface area contributed by atoms with Crippen LogP contribution in [0.4, 0.5) is 10.5 Å². The van der Waals surface area contributed by atoms with Gasteiger partial charge in [-0.25, -0.2) is 9.78 Å². The van der Waals surface area contributed by atoms with E-state index in [4.69, 9.17) is 18.9 Å². The molecule has 5 heterocycles. The zero-order chi connectivity index (χ0) is 27.0. The highest BCUT2D eigenvalue weighted by molar-refractivity contribution is 6.17. The summed E-state index contributed by atoms with van der Waals surface area (Å²) in [6.45, 7) is 6.38. The van der Waals surface area contributed by atoms with Crippen LogP contribution in [-0.2, 0) is 23.6 Å². The van der Waals surface area contributed by atoms with Crippen LogP contribution >= 0.6 is 0 Å². The molecule has 11 heteroatoms. The van der Waals surface area contributed by atoms with Crippen LogP contribution < -0.4 is 4.90 Å². The predicted octanol–water partition coefficient (Wildman–Crippen LogP) is 4.42. The van der Waals surface area contributed by atoms with Crippen molar-refractivity contribution < 1.29 is 23.5 Å². The highest BCUT2D eigenvalue weighted by Crippen LogP contribution is 2.40. The molecule has 1 saturated heterocycles. The first-order chi connectivity index (χ1) is 18.3. The molecule has 5 rings (SSSR count). The van der Waals surface area contributed by atoms with Gasteiger partial charge in [0.25, 0.3) is 0 Å². The average molecular weight is 521 g/mol. The van der Waals surface area contributed by atoms with Gasteiger partial charge in [0.2, 0.25) is 17.3 Å². The monoisotopic (exact) mass is 520 g/mol. The van der Waals surface area contributed by atoms with Crippen molar-refractivity contribution in [2.75, 3.05) is 18.1 Å². The number of anilines is 1. The standard InChI is InChI=1S/C27H32N6O5/c1-6-20-10-19(8-9-37-20)33(27(35)36-7-2)23-22-11-21(17-12-28-31(4)14-17)16(3)30-26(22)38-25(23)24(34)18-13-29-32(5)15-18/h11-15,19-20H,6-10H2,1-5H3. The summed E-state index contributed by atoms with van der Waals surface area (Å²) in [6, 6.07) is 1.66. The lowest BCUT2D eigenvalue weighted by Gasteiger charge is -2.36. The minimum atomic E-state index is -0.541. The van der Waals surface area contributed by atoms with Crippen molar-refractivity contribution in [2.24, 2.45) is 14.1 Å². The Morgan fingerprint density at radius 1 is 1.16 bits per heavy atom. The first-order valence-corrected chi connectivity index (χ1v) is 12.8.